The third-order valence-corrected chi connectivity index (χ3v) is 8.24. The van der Waals surface area contributed by atoms with E-state index in [9.17, 15) is 18.0 Å². The molecule has 2 atom stereocenters. The molecule has 3 rings (SSSR count). The number of thioether (sulfide) groups is 1. The fourth-order valence-corrected chi connectivity index (χ4v) is 7.76. The van der Waals surface area contributed by atoms with Gasteiger partial charge in [0.1, 0.15) is 0 Å². The van der Waals surface area contributed by atoms with Crippen LogP contribution in [0, 0.1) is 0 Å². The predicted octanol–water partition coefficient (Wildman–Crippen LogP) is 2.96. The van der Waals surface area contributed by atoms with Crippen molar-refractivity contribution in [1.29, 1.82) is 0 Å². The SMILES string of the molecule is O=C(O)CCCC(=O)N=C1SC2CS(=O)(=O)CC2N1c1ccc(Br)cc1Cl. The fourth-order valence-electron chi connectivity index (χ4n) is 3.08. The van der Waals surface area contributed by atoms with Crippen LogP contribution in [0.4, 0.5) is 5.69 Å². The van der Waals surface area contributed by atoms with Gasteiger partial charge in [0.2, 0.25) is 5.91 Å². The lowest BCUT2D eigenvalue weighted by Gasteiger charge is -2.25. The lowest BCUT2D eigenvalue weighted by molar-refractivity contribution is -0.137. The number of sulfone groups is 1. The number of anilines is 1. The van der Waals surface area contributed by atoms with Gasteiger partial charge in [-0.3, -0.25) is 9.59 Å². The van der Waals surface area contributed by atoms with Crippen molar-refractivity contribution in [2.75, 3.05) is 16.4 Å². The molecule has 0 saturated carbocycles. The lowest BCUT2D eigenvalue weighted by Crippen LogP contribution is -2.37. The Morgan fingerprint density at radius 2 is 2.07 bits per heavy atom. The van der Waals surface area contributed by atoms with E-state index < -0.39 is 21.7 Å². The van der Waals surface area contributed by atoms with Gasteiger partial charge in [-0.25, -0.2) is 8.42 Å². The van der Waals surface area contributed by atoms with E-state index in [0.717, 1.165) is 4.47 Å². The summed E-state index contributed by atoms with van der Waals surface area (Å²) in [5, 5.41) is 9.28. The Bertz CT molecular complexity index is 921. The van der Waals surface area contributed by atoms with E-state index in [-0.39, 0.29) is 42.1 Å². The second-order valence-electron chi connectivity index (χ2n) is 6.30. The molecule has 2 unspecified atom stereocenters. The third kappa shape index (κ3) is 4.85. The van der Waals surface area contributed by atoms with Gasteiger partial charge in [0.05, 0.1) is 28.3 Å². The zero-order chi connectivity index (χ0) is 19.8. The maximum absolute atomic E-state index is 12.2. The Hall–Kier alpha value is -1.10. The topological polar surface area (TPSA) is 104 Å². The van der Waals surface area contributed by atoms with E-state index in [4.69, 9.17) is 16.7 Å². The van der Waals surface area contributed by atoms with Crippen LogP contribution in [0.15, 0.2) is 27.7 Å². The van der Waals surface area contributed by atoms with Gasteiger partial charge < -0.3 is 10.0 Å². The minimum absolute atomic E-state index is 0.0197. The smallest absolute Gasteiger partial charge is 0.303 e. The minimum Gasteiger partial charge on any atom is -0.481 e. The standard InChI is InChI=1S/C16H16BrClN2O5S2/c17-9-4-5-11(10(18)6-9)20-12-7-27(24,25)8-13(12)26-16(20)19-14(21)2-1-3-15(22)23/h4-6,12-13H,1-3,7-8H2,(H,22,23). The number of fused-ring (bicyclic) bond motifs is 1. The average Bonchev–Trinajstić information content (AvgIpc) is 2.98. The summed E-state index contributed by atoms with van der Waals surface area (Å²) in [4.78, 5) is 28.6. The molecule has 2 heterocycles. The highest BCUT2D eigenvalue weighted by Crippen LogP contribution is 2.43. The monoisotopic (exact) mass is 494 g/mol. The van der Waals surface area contributed by atoms with Gasteiger partial charge in [-0.1, -0.05) is 39.3 Å². The Balaban J connectivity index is 1.89. The number of hydrogen-bond donors (Lipinski definition) is 1. The molecule has 0 aromatic heterocycles. The van der Waals surface area contributed by atoms with Crippen LogP contribution in [-0.2, 0) is 19.4 Å². The maximum atomic E-state index is 12.2. The van der Waals surface area contributed by atoms with E-state index in [1.54, 1.807) is 23.1 Å². The summed E-state index contributed by atoms with van der Waals surface area (Å²) in [6.45, 7) is 0. The van der Waals surface area contributed by atoms with Crippen LogP contribution < -0.4 is 4.90 Å². The van der Waals surface area contributed by atoms with Gasteiger partial charge in [-0.2, -0.15) is 4.99 Å². The number of amidine groups is 1. The summed E-state index contributed by atoms with van der Waals surface area (Å²) in [7, 11) is -3.16. The van der Waals surface area contributed by atoms with E-state index in [0.29, 0.717) is 15.9 Å². The zero-order valence-corrected chi connectivity index (χ0v) is 17.9. The first-order valence-electron chi connectivity index (χ1n) is 8.11. The Labute approximate surface area is 174 Å². The summed E-state index contributed by atoms with van der Waals surface area (Å²) in [6, 6.07) is 4.90. The minimum atomic E-state index is -3.16. The summed E-state index contributed by atoms with van der Waals surface area (Å²) < 4.78 is 24.9. The summed E-state index contributed by atoms with van der Waals surface area (Å²) in [6.07, 6.45) is 0.122. The van der Waals surface area contributed by atoms with Crippen molar-refractivity contribution in [2.45, 2.75) is 30.6 Å². The molecule has 0 radical (unpaired) electrons. The summed E-state index contributed by atoms with van der Waals surface area (Å²) in [5.74, 6) is -1.39. The number of carboxylic acid groups (broad SMARTS) is 1. The number of halogens is 2. The van der Waals surface area contributed by atoms with Crippen molar-refractivity contribution in [3.8, 4) is 0 Å². The number of carbonyl (C=O) groups excluding carboxylic acids is 1. The normalized spacial score (nSPS) is 25.0. The molecule has 2 fully saturated rings. The van der Waals surface area contributed by atoms with Crippen molar-refractivity contribution in [3.63, 3.8) is 0 Å². The van der Waals surface area contributed by atoms with Crippen LogP contribution in [-0.4, -0.2) is 53.4 Å². The molecular formula is C16H16BrClN2O5S2. The van der Waals surface area contributed by atoms with Crippen molar-refractivity contribution < 1.29 is 23.1 Å². The Morgan fingerprint density at radius 1 is 1.33 bits per heavy atom. The van der Waals surface area contributed by atoms with Crippen LogP contribution in [0.5, 0.6) is 0 Å². The Morgan fingerprint density at radius 3 is 2.74 bits per heavy atom. The molecule has 7 nitrogen and oxygen atoms in total. The molecule has 1 N–H and O–H groups in total. The first-order chi connectivity index (χ1) is 12.7. The fraction of sp³-hybridized carbons (Fsp3) is 0.438. The number of nitrogens with zero attached hydrogens (tertiary/aromatic N) is 2. The molecule has 1 amide bonds. The number of benzene rings is 1. The number of hydrogen-bond acceptors (Lipinski definition) is 5. The van der Waals surface area contributed by atoms with Crippen molar-refractivity contribution in [1.82, 2.24) is 0 Å². The molecule has 0 spiro atoms. The van der Waals surface area contributed by atoms with Crippen LogP contribution >= 0.6 is 39.3 Å². The molecule has 146 valence electrons. The first kappa shape index (κ1) is 20.6. The summed E-state index contributed by atoms with van der Waals surface area (Å²) in [5.41, 5.74) is 0.592. The van der Waals surface area contributed by atoms with Crippen LogP contribution in [0.2, 0.25) is 5.02 Å². The van der Waals surface area contributed by atoms with Gasteiger partial charge in [-0.05, 0) is 24.6 Å². The van der Waals surface area contributed by atoms with Gasteiger partial charge in [0, 0.05) is 22.6 Å². The molecule has 1 aromatic rings. The Kier molecular flexibility index (Phi) is 6.19. The highest BCUT2D eigenvalue weighted by molar-refractivity contribution is 9.10. The molecule has 0 bridgehead atoms. The molecule has 2 saturated heterocycles. The molecule has 2 aliphatic rings. The van der Waals surface area contributed by atoms with E-state index in [1.807, 2.05) is 0 Å². The van der Waals surface area contributed by atoms with Crippen LogP contribution in [0.1, 0.15) is 19.3 Å². The van der Waals surface area contributed by atoms with Gasteiger partial charge in [0.25, 0.3) is 0 Å². The molecule has 0 aliphatic carbocycles. The largest absolute Gasteiger partial charge is 0.481 e. The molecule has 1 aromatic carbocycles. The number of amides is 1. The zero-order valence-electron chi connectivity index (χ0n) is 14.0. The highest BCUT2D eigenvalue weighted by atomic mass is 79.9. The molecule has 2 aliphatic heterocycles. The van der Waals surface area contributed by atoms with Crippen LogP contribution in [0.3, 0.4) is 0 Å². The number of aliphatic imine (C=N–C) groups is 1. The van der Waals surface area contributed by atoms with Crippen LogP contribution in [0.25, 0.3) is 0 Å². The lowest BCUT2D eigenvalue weighted by atomic mass is 10.2. The number of carboxylic acids is 1. The quantitative estimate of drug-likeness (QED) is 0.669. The average molecular weight is 496 g/mol. The van der Waals surface area contributed by atoms with Crippen molar-refractivity contribution in [3.05, 3.63) is 27.7 Å². The van der Waals surface area contributed by atoms with E-state index in [1.165, 1.54) is 11.8 Å². The van der Waals surface area contributed by atoms with Gasteiger partial charge in [-0.15, -0.1) is 0 Å². The van der Waals surface area contributed by atoms with Gasteiger partial charge >= 0.3 is 5.97 Å². The molecular weight excluding hydrogens is 480 g/mol. The number of rotatable bonds is 5. The molecule has 11 heteroatoms. The van der Waals surface area contributed by atoms with E-state index in [2.05, 4.69) is 20.9 Å². The second-order valence-corrected chi connectivity index (χ2v) is 11.0. The second kappa shape index (κ2) is 8.10. The number of carbonyl (C=O) groups is 2. The number of aliphatic carboxylic acids is 1. The van der Waals surface area contributed by atoms with Crippen molar-refractivity contribution >= 4 is 71.9 Å². The maximum Gasteiger partial charge on any atom is 0.303 e. The highest BCUT2D eigenvalue weighted by Gasteiger charge is 2.49. The third-order valence-electron chi connectivity index (χ3n) is 4.24. The van der Waals surface area contributed by atoms with Crippen molar-refractivity contribution in [2.24, 2.45) is 4.99 Å². The molecule has 27 heavy (non-hydrogen) atoms. The van der Waals surface area contributed by atoms with Gasteiger partial charge in [0.15, 0.2) is 15.0 Å². The first-order valence-corrected chi connectivity index (χ1v) is 12.0. The van der Waals surface area contributed by atoms with E-state index >= 15 is 0 Å². The summed E-state index contributed by atoms with van der Waals surface area (Å²) >= 11 is 11.0. The predicted molar refractivity (Wildman–Crippen MR) is 109 cm³/mol.